The van der Waals surface area contributed by atoms with Crippen LogP contribution in [-0.4, -0.2) is 18.5 Å². The van der Waals surface area contributed by atoms with Crippen molar-refractivity contribution in [3.05, 3.63) is 35.4 Å². The molecular weight excluding hydrogens is 212 g/mol. The number of rotatable bonds is 5. The number of carbonyl (C=O) groups is 1. The zero-order valence-electron chi connectivity index (χ0n) is 10.4. The monoisotopic (exact) mass is 232 g/mol. The Labute approximate surface area is 103 Å². The van der Waals surface area contributed by atoms with E-state index < -0.39 is 0 Å². The summed E-state index contributed by atoms with van der Waals surface area (Å²) in [7, 11) is 0. The molecule has 1 aliphatic rings. The van der Waals surface area contributed by atoms with Crippen LogP contribution < -0.4 is 0 Å². The molecule has 2 heteroatoms. The fourth-order valence-corrected chi connectivity index (χ4v) is 2.40. The van der Waals surface area contributed by atoms with Crippen LogP contribution in [0.5, 0.6) is 0 Å². The van der Waals surface area contributed by atoms with Crippen LogP contribution in [0.2, 0.25) is 0 Å². The van der Waals surface area contributed by atoms with Crippen molar-refractivity contribution < 1.29 is 9.53 Å². The Balaban J connectivity index is 1.94. The van der Waals surface area contributed by atoms with E-state index in [0.29, 0.717) is 12.5 Å². The molecule has 0 saturated carbocycles. The highest BCUT2D eigenvalue weighted by Crippen LogP contribution is 2.19. The first-order valence-corrected chi connectivity index (χ1v) is 6.54. The van der Waals surface area contributed by atoms with Crippen LogP contribution >= 0.6 is 0 Å². The van der Waals surface area contributed by atoms with Crippen molar-refractivity contribution in [2.24, 2.45) is 0 Å². The van der Waals surface area contributed by atoms with Gasteiger partial charge in [0.1, 0.15) is 0 Å². The van der Waals surface area contributed by atoms with E-state index in [1.807, 2.05) is 24.3 Å². The summed E-state index contributed by atoms with van der Waals surface area (Å²) in [6.45, 7) is 2.95. The predicted octanol–water partition coefficient (Wildman–Crippen LogP) is 3.39. The molecule has 1 aromatic rings. The Bertz CT molecular complexity index is 378. The van der Waals surface area contributed by atoms with E-state index in [0.717, 1.165) is 43.4 Å². The highest BCUT2D eigenvalue weighted by atomic mass is 16.5. The molecule has 0 bridgehead atoms. The third-order valence-corrected chi connectivity index (χ3v) is 3.42. The van der Waals surface area contributed by atoms with Gasteiger partial charge < -0.3 is 4.74 Å². The van der Waals surface area contributed by atoms with Gasteiger partial charge in [0, 0.05) is 18.6 Å². The van der Waals surface area contributed by atoms with Crippen molar-refractivity contribution >= 4 is 5.78 Å². The summed E-state index contributed by atoms with van der Waals surface area (Å²) in [5.74, 6) is 0.262. The first-order chi connectivity index (χ1) is 8.31. The van der Waals surface area contributed by atoms with Crippen LogP contribution in [0, 0.1) is 0 Å². The van der Waals surface area contributed by atoms with Crippen molar-refractivity contribution in [1.82, 2.24) is 0 Å². The summed E-state index contributed by atoms with van der Waals surface area (Å²) in [5, 5.41) is 0. The lowest BCUT2D eigenvalue weighted by Crippen LogP contribution is -2.10. The fraction of sp³-hybridized carbons (Fsp3) is 0.533. The number of hydrogen-bond acceptors (Lipinski definition) is 2. The molecule has 0 radical (unpaired) electrons. The van der Waals surface area contributed by atoms with E-state index in [1.165, 1.54) is 0 Å². The minimum Gasteiger partial charge on any atom is -0.378 e. The standard InChI is InChI=1S/C15H20O2/c1-2-12-6-3-4-8-14(12)15(16)10-9-13-7-5-11-17-13/h3-4,6,8,13H,2,5,7,9-11H2,1H3. The molecule has 1 heterocycles. The number of Topliss-reactive ketones (excluding diaryl/α,β-unsaturated/α-hetero) is 1. The third kappa shape index (κ3) is 3.16. The van der Waals surface area contributed by atoms with Gasteiger partial charge >= 0.3 is 0 Å². The predicted molar refractivity (Wildman–Crippen MR) is 68.4 cm³/mol. The number of hydrogen-bond donors (Lipinski definition) is 0. The Morgan fingerprint density at radius 2 is 2.24 bits per heavy atom. The van der Waals surface area contributed by atoms with Crippen molar-refractivity contribution in [3.63, 3.8) is 0 Å². The molecule has 0 amide bonds. The molecule has 2 nitrogen and oxygen atoms in total. The molecule has 1 unspecified atom stereocenters. The second-order valence-corrected chi connectivity index (χ2v) is 4.61. The van der Waals surface area contributed by atoms with E-state index >= 15 is 0 Å². The Kier molecular flexibility index (Phi) is 4.32. The smallest absolute Gasteiger partial charge is 0.163 e. The number of ether oxygens (including phenoxy) is 1. The van der Waals surface area contributed by atoms with E-state index in [2.05, 4.69) is 6.92 Å². The lowest BCUT2D eigenvalue weighted by Gasteiger charge is -2.10. The fourth-order valence-electron chi connectivity index (χ4n) is 2.40. The van der Waals surface area contributed by atoms with Crippen LogP contribution in [0.3, 0.4) is 0 Å². The molecule has 0 aromatic heterocycles. The lowest BCUT2D eigenvalue weighted by atomic mass is 9.97. The molecule has 0 aliphatic carbocycles. The van der Waals surface area contributed by atoms with Crippen molar-refractivity contribution in [2.75, 3.05) is 6.61 Å². The topological polar surface area (TPSA) is 26.3 Å². The SMILES string of the molecule is CCc1ccccc1C(=O)CCC1CCCO1. The van der Waals surface area contributed by atoms with Crippen molar-refractivity contribution in [2.45, 2.75) is 45.1 Å². The summed E-state index contributed by atoms with van der Waals surface area (Å²) in [4.78, 5) is 12.1. The normalized spacial score (nSPS) is 19.5. The average molecular weight is 232 g/mol. The molecule has 1 saturated heterocycles. The summed E-state index contributed by atoms with van der Waals surface area (Å²) >= 11 is 0. The largest absolute Gasteiger partial charge is 0.378 e. The van der Waals surface area contributed by atoms with Crippen LogP contribution in [-0.2, 0) is 11.2 Å². The molecular formula is C15H20O2. The van der Waals surface area contributed by atoms with E-state index in [-0.39, 0.29) is 5.78 Å². The summed E-state index contributed by atoms with van der Waals surface area (Å²) in [5.41, 5.74) is 2.05. The van der Waals surface area contributed by atoms with Crippen LogP contribution in [0.1, 0.15) is 48.5 Å². The summed E-state index contributed by atoms with van der Waals surface area (Å²) < 4.78 is 5.54. The number of benzene rings is 1. The van der Waals surface area contributed by atoms with Gasteiger partial charge in [-0.3, -0.25) is 4.79 Å². The summed E-state index contributed by atoms with van der Waals surface area (Å²) in [6.07, 6.45) is 4.97. The molecule has 92 valence electrons. The van der Waals surface area contributed by atoms with E-state index in [4.69, 9.17) is 4.74 Å². The Morgan fingerprint density at radius 1 is 1.41 bits per heavy atom. The van der Waals surface area contributed by atoms with Crippen molar-refractivity contribution in [3.8, 4) is 0 Å². The maximum absolute atomic E-state index is 12.1. The molecule has 1 atom stereocenters. The zero-order chi connectivity index (χ0) is 12.1. The summed E-state index contributed by atoms with van der Waals surface area (Å²) in [6, 6.07) is 7.92. The number of carbonyl (C=O) groups excluding carboxylic acids is 1. The highest BCUT2D eigenvalue weighted by Gasteiger charge is 2.18. The maximum Gasteiger partial charge on any atom is 0.163 e. The lowest BCUT2D eigenvalue weighted by molar-refractivity contribution is 0.0859. The second-order valence-electron chi connectivity index (χ2n) is 4.61. The highest BCUT2D eigenvalue weighted by molar-refractivity contribution is 5.97. The third-order valence-electron chi connectivity index (χ3n) is 3.42. The van der Waals surface area contributed by atoms with Gasteiger partial charge in [0.15, 0.2) is 5.78 Å². The number of ketones is 1. The van der Waals surface area contributed by atoms with Gasteiger partial charge in [-0.1, -0.05) is 31.2 Å². The minimum absolute atomic E-state index is 0.262. The second kappa shape index (κ2) is 5.97. The quantitative estimate of drug-likeness (QED) is 0.727. The van der Waals surface area contributed by atoms with Crippen LogP contribution in [0.4, 0.5) is 0 Å². The van der Waals surface area contributed by atoms with Crippen LogP contribution in [0.25, 0.3) is 0 Å². The molecule has 17 heavy (non-hydrogen) atoms. The first-order valence-electron chi connectivity index (χ1n) is 6.54. The molecule has 0 spiro atoms. The Morgan fingerprint density at radius 3 is 2.94 bits per heavy atom. The van der Waals surface area contributed by atoms with Gasteiger partial charge in [-0.15, -0.1) is 0 Å². The van der Waals surface area contributed by atoms with Crippen molar-refractivity contribution in [1.29, 1.82) is 0 Å². The molecule has 0 N–H and O–H groups in total. The van der Waals surface area contributed by atoms with Gasteiger partial charge in [-0.05, 0) is 31.2 Å². The number of aryl methyl sites for hydroxylation is 1. The molecule has 2 rings (SSSR count). The Hall–Kier alpha value is -1.15. The van der Waals surface area contributed by atoms with Gasteiger partial charge in [0.2, 0.25) is 0 Å². The van der Waals surface area contributed by atoms with Crippen LogP contribution in [0.15, 0.2) is 24.3 Å². The van der Waals surface area contributed by atoms with Gasteiger partial charge in [-0.2, -0.15) is 0 Å². The van der Waals surface area contributed by atoms with E-state index in [9.17, 15) is 4.79 Å². The van der Waals surface area contributed by atoms with E-state index in [1.54, 1.807) is 0 Å². The average Bonchev–Trinajstić information content (AvgIpc) is 2.89. The van der Waals surface area contributed by atoms with Gasteiger partial charge in [0.05, 0.1) is 6.10 Å². The first kappa shape index (κ1) is 12.3. The molecule has 1 fully saturated rings. The molecule has 1 aliphatic heterocycles. The maximum atomic E-state index is 12.1. The van der Waals surface area contributed by atoms with Gasteiger partial charge in [0.25, 0.3) is 0 Å². The minimum atomic E-state index is 0.262. The van der Waals surface area contributed by atoms with Gasteiger partial charge in [-0.25, -0.2) is 0 Å². The molecule has 1 aromatic carbocycles. The zero-order valence-corrected chi connectivity index (χ0v) is 10.4.